The fraction of sp³-hybridized carbons (Fsp3) is 0.310. The summed E-state index contributed by atoms with van der Waals surface area (Å²) >= 11 is 0. The van der Waals surface area contributed by atoms with Crippen LogP contribution in [0.2, 0.25) is 0 Å². The van der Waals surface area contributed by atoms with Gasteiger partial charge in [0, 0.05) is 24.7 Å². The number of carboxylic acid groups (broad SMARTS) is 1. The summed E-state index contributed by atoms with van der Waals surface area (Å²) in [5.74, 6) is 0.873. The summed E-state index contributed by atoms with van der Waals surface area (Å²) in [5, 5.41) is 18.2. The van der Waals surface area contributed by atoms with E-state index in [-0.39, 0.29) is 29.6 Å². The van der Waals surface area contributed by atoms with E-state index in [1.165, 1.54) is 28.8 Å². The van der Waals surface area contributed by atoms with E-state index in [1.54, 1.807) is 18.2 Å². The highest BCUT2D eigenvalue weighted by atomic mass is 19.1. The van der Waals surface area contributed by atoms with Crippen molar-refractivity contribution in [2.75, 3.05) is 11.4 Å². The molecule has 7 nitrogen and oxygen atoms in total. The molecular formula is C29H31FN4O3. The lowest BCUT2D eigenvalue weighted by molar-refractivity contribution is 0.200. The molecule has 1 unspecified atom stereocenters. The molecule has 0 saturated carbocycles. The van der Waals surface area contributed by atoms with Crippen LogP contribution in [0.5, 0.6) is 0 Å². The van der Waals surface area contributed by atoms with E-state index in [0.717, 1.165) is 5.56 Å². The maximum atomic E-state index is 13.4. The van der Waals surface area contributed by atoms with Crippen LogP contribution in [-0.4, -0.2) is 32.9 Å². The van der Waals surface area contributed by atoms with Crippen molar-refractivity contribution in [3.63, 3.8) is 0 Å². The maximum Gasteiger partial charge on any atom is 0.413 e. The minimum Gasteiger partial charge on any atom is -0.465 e. The fourth-order valence-corrected chi connectivity index (χ4v) is 4.47. The van der Waals surface area contributed by atoms with Crippen molar-refractivity contribution < 1.29 is 18.7 Å². The van der Waals surface area contributed by atoms with Gasteiger partial charge in [-0.1, -0.05) is 63.2 Å². The minimum absolute atomic E-state index is 0.0491. The first kappa shape index (κ1) is 26.0. The number of rotatable bonds is 9. The summed E-state index contributed by atoms with van der Waals surface area (Å²) in [6.45, 7) is 6.77. The van der Waals surface area contributed by atoms with E-state index in [9.17, 15) is 14.3 Å². The molecule has 37 heavy (non-hydrogen) atoms. The smallest absolute Gasteiger partial charge is 0.413 e. The molecule has 0 aliphatic heterocycles. The van der Waals surface area contributed by atoms with Crippen molar-refractivity contribution in [1.29, 1.82) is 0 Å². The number of hydrogen-bond acceptors (Lipinski definition) is 5. The molecule has 0 spiro atoms. The third kappa shape index (κ3) is 6.78. The molecule has 0 aliphatic carbocycles. The fourth-order valence-electron chi connectivity index (χ4n) is 4.47. The van der Waals surface area contributed by atoms with E-state index in [4.69, 9.17) is 4.42 Å². The number of anilines is 1. The molecule has 0 saturated heterocycles. The van der Waals surface area contributed by atoms with Gasteiger partial charge in [0.1, 0.15) is 11.6 Å². The Hall–Kier alpha value is -4.07. The van der Waals surface area contributed by atoms with Gasteiger partial charge in [-0.3, -0.25) is 4.90 Å². The van der Waals surface area contributed by atoms with Gasteiger partial charge in [0.25, 0.3) is 0 Å². The molecule has 0 bridgehead atoms. The van der Waals surface area contributed by atoms with Crippen molar-refractivity contribution in [2.45, 2.75) is 46.0 Å². The van der Waals surface area contributed by atoms with Crippen LogP contribution in [-0.2, 0) is 12.8 Å². The number of halogens is 1. The topological polar surface area (TPSA) is 92.4 Å². The zero-order chi connectivity index (χ0) is 26.4. The zero-order valence-electron chi connectivity index (χ0n) is 21.3. The van der Waals surface area contributed by atoms with Crippen molar-refractivity contribution in [3.05, 3.63) is 95.8 Å². The van der Waals surface area contributed by atoms with Crippen LogP contribution in [0.15, 0.2) is 77.3 Å². The number of hydrogen-bond donors (Lipinski definition) is 1. The Kier molecular flexibility index (Phi) is 7.96. The molecule has 8 heteroatoms. The third-order valence-corrected chi connectivity index (χ3v) is 6.37. The second-order valence-electron chi connectivity index (χ2n) is 10.1. The number of pyridine rings is 1. The van der Waals surface area contributed by atoms with E-state index in [0.29, 0.717) is 36.5 Å². The quantitative estimate of drug-likeness (QED) is 0.272. The number of aryl methyl sites for hydroxylation is 2. The zero-order valence-corrected chi connectivity index (χ0v) is 21.3. The molecule has 0 aliphatic rings. The number of amides is 1. The van der Waals surface area contributed by atoms with Crippen LogP contribution in [0.3, 0.4) is 0 Å². The first-order valence-corrected chi connectivity index (χ1v) is 12.3. The highest BCUT2D eigenvalue weighted by Gasteiger charge is 2.28. The Morgan fingerprint density at radius 2 is 1.81 bits per heavy atom. The summed E-state index contributed by atoms with van der Waals surface area (Å²) in [4.78, 5) is 17.8. The Morgan fingerprint density at radius 1 is 1.03 bits per heavy atom. The molecule has 0 radical (unpaired) electrons. The van der Waals surface area contributed by atoms with Crippen LogP contribution in [0.1, 0.15) is 50.1 Å². The molecule has 2 aromatic heterocycles. The number of carbonyl (C=O) groups is 1. The summed E-state index contributed by atoms with van der Waals surface area (Å²) in [5.41, 5.74) is 2.55. The second-order valence-corrected chi connectivity index (χ2v) is 10.1. The molecule has 0 fully saturated rings. The molecule has 1 atom stereocenters. The standard InChI is InChI=1S/C29H31FN4O3/c1-29(2,3)24(21-9-5-4-6-10-21)15-17-34(28(35)36)25-19-22(14-16-31-25)27-33-32-26(37-27)13-12-20-8-7-11-23(30)18-20/h4-11,14,16,18-19,24H,12-13,15,17H2,1-3H3,(H,35,36). The van der Waals surface area contributed by atoms with Gasteiger partial charge in [0.05, 0.1) is 0 Å². The summed E-state index contributed by atoms with van der Waals surface area (Å²) in [6.07, 6.45) is 2.12. The lowest BCUT2D eigenvalue weighted by Gasteiger charge is -2.32. The number of nitrogens with zero attached hydrogens (tertiary/aromatic N) is 4. The molecule has 4 rings (SSSR count). The molecule has 2 aromatic carbocycles. The van der Waals surface area contributed by atoms with Gasteiger partial charge in [-0.2, -0.15) is 0 Å². The van der Waals surface area contributed by atoms with E-state index in [1.807, 2.05) is 24.3 Å². The lowest BCUT2D eigenvalue weighted by atomic mass is 9.74. The minimum atomic E-state index is -1.08. The molecule has 1 N–H and O–H groups in total. The lowest BCUT2D eigenvalue weighted by Crippen LogP contribution is -2.33. The SMILES string of the molecule is CC(C)(C)C(CCN(C(=O)O)c1cc(-c2nnc(CCc3cccc(F)c3)o2)ccn1)c1ccccc1. The van der Waals surface area contributed by atoms with E-state index < -0.39 is 6.09 Å². The first-order valence-electron chi connectivity index (χ1n) is 12.3. The van der Waals surface area contributed by atoms with E-state index in [2.05, 4.69) is 48.1 Å². The summed E-state index contributed by atoms with van der Waals surface area (Å²) in [6, 6.07) is 19.9. The normalized spacial score (nSPS) is 12.3. The van der Waals surface area contributed by atoms with Gasteiger partial charge in [-0.25, -0.2) is 14.2 Å². The average molecular weight is 503 g/mol. The van der Waals surface area contributed by atoms with Crippen LogP contribution in [0.4, 0.5) is 15.0 Å². The maximum absolute atomic E-state index is 13.4. The highest BCUT2D eigenvalue weighted by molar-refractivity contribution is 5.85. The molecule has 2 heterocycles. The molecule has 4 aromatic rings. The first-order chi connectivity index (χ1) is 17.7. The van der Waals surface area contributed by atoms with Crippen molar-refractivity contribution >= 4 is 11.9 Å². The van der Waals surface area contributed by atoms with Gasteiger partial charge in [-0.05, 0) is 59.6 Å². The molecular weight excluding hydrogens is 471 g/mol. The van der Waals surface area contributed by atoms with Crippen LogP contribution >= 0.6 is 0 Å². The Bertz CT molecular complexity index is 1330. The van der Waals surface area contributed by atoms with Crippen molar-refractivity contribution in [2.24, 2.45) is 5.41 Å². The van der Waals surface area contributed by atoms with Crippen LogP contribution in [0, 0.1) is 11.2 Å². The highest BCUT2D eigenvalue weighted by Crippen LogP contribution is 2.38. The van der Waals surface area contributed by atoms with Crippen molar-refractivity contribution in [3.8, 4) is 11.5 Å². The monoisotopic (exact) mass is 502 g/mol. The van der Waals surface area contributed by atoms with Crippen molar-refractivity contribution in [1.82, 2.24) is 15.2 Å². The average Bonchev–Trinajstić information content (AvgIpc) is 3.34. The molecule has 1 amide bonds. The Labute approximate surface area is 216 Å². The Balaban J connectivity index is 1.48. The van der Waals surface area contributed by atoms with Gasteiger partial charge in [0.2, 0.25) is 11.8 Å². The Morgan fingerprint density at radius 3 is 2.51 bits per heavy atom. The molecule has 192 valence electrons. The largest absolute Gasteiger partial charge is 0.465 e. The van der Waals surface area contributed by atoms with Crippen LogP contribution in [0.25, 0.3) is 11.5 Å². The number of aromatic nitrogens is 3. The van der Waals surface area contributed by atoms with Gasteiger partial charge < -0.3 is 9.52 Å². The van der Waals surface area contributed by atoms with Gasteiger partial charge in [0.15, 0.2) is 0 Å². The predicted octanol–water partition coefficient (Wildman–Crippen LogP) is 6.76. The van der Waals surface area contributed by atoms with Crippen LogP contribution < -0.4 is 4.90 Å². The number of benzene rings is 2. The second kappa shape index (κ2) is 11.3. The van der Waals surface area contributed by atoms with Gasteiger partial charge in [-0.15, -0.1) is 10.2 Å². The summed E-state index contributed by atoms with van der Waals surface area (Å²) in [7, 11) is 0. The summed E-state index contributed by atoms with van der Waals surface area (Å²) < 4.78 is 19.2. The van der Waals surface area contributed by atoms with E-state index >= 15 is 0 Å². The predicted molar refractivity (Wildman–Crippen MR) is 140 cm³/mol. The van der Waals surface area contributed by atoms with Gasteiger partial charge >= 0.3 is 6.09 Å². The third-order valence-electron chi connectivity index (χ3n) is 6.37.